The van der Waals surface area contributed by atoms with E-state index in [1.54, 1.807) is 0 Å². The highest BCUT2D eigenvalue weighted by Gasteiger charge is 1.84. The third kappa shape index (κ3) is 1.49. The fraction of sp³-hybridized carbons (Fsp3) is 0. The molecule has 0 atom stereocenters. The van der Waals surface area contributed by atoms with Gasteiger partial charge in [-0.1, -0.05) is 12.5 Å². The van der Waals surface area contributed by atoms with E-state index in [1.807, 2.05) is 0 Å². The second-order valence-corrected chi connectivity index (χ2v) is 0.625. The van der Waals surface area contributed by atoms with Crippen molar-refractivity contribution in [3.8, 4) is 0 Å². The lowest BCUT2D eigenvalue weighted by Gasteiger charge is -1.79. The summed E-state index contributed by atoms with van der Waals surface area (Å²) >= 11 is 0. The Morgan fingerprint density at radius 3 is 2.50 bits per heavy atom. The van der Waals surface area contributed by atoms with Crippen LogP contribution in [0.2, 0.25) is 0 Å². The van der Waals surface area contributed by atoms with Crippen molar-refractivity contribution in [3.05, 3.63) is 12.7 Å². The number of carbonyl (C=O) groups is 1. The van der Waals surface area contributed by atoms with Gasteiger partial charge < -0.3 is 4.84 Å². The molecule has 33 valence electrons. The second-order valence-electron chi connectivity index (χ2n) is 0.625. The maximum Gasteiger partial charge on any atom is 0.350 e. The molecule has 0 spiro atoms. The van der Waals surface area contributed by atoms with Crippen LogP contribution in [0.25, 0.3) is 0 Å². The van der Waals surface area contributed by atoms with E-state index in [1.165, 1.54) is 0 Å². The molecule has 0 unspecified atom stereocenters. The SMILES string of the molecule is C=CC(=O)O[NH]. The van der Waals surface area contributed by atoms with Gasteiger partial charge in [0, 0.05) is 6.08 Å². The van der Waals surface area contributed by atoms with Crippen molar-refractivity contribution in [2.24, 2.45) is 0 Å². The molecule has 3 nitrogen and oxygen atoms in total. The van der Waals surface area contributed by atoms with Crippen LogP contribution in [0.1, 0.15) is 0 Å². The number of nitrogens with one attached hydrogen (secondary N) is 1. The fourth-order valence-corrected chi connectivity index (χ4v) is 0.0417. The van der Waals surface area contributed by atoms with Crippen molar-refractivity contribution in [1.29, 1.82) is 0 Å². The first-order valence-electron chi connectivity index (χ1n) is 1.31. The molecule has 0 aromatic rings. The van der Waals surface area contributed by atoms with E-state index in [0.29, 0.717) is 0 Å². The van der Waals surface area contributed by atoms with E-state index in [0.717, 1.165) is 6.08 Å². The first kappa shape index (κ1) is 5.17. The van der Waals surface area contributed by atoms with Crippen molar-refractivity contribution in [2.75, 3.05) is 0 Å². The fourth-order valence-electron chi connectivity index (χ4n) is 0.0417. The summed E-state index contributed by atoms with van der Waals surface area (Å²) in [6.07, 6.45) is 0.924. The lowest BCUT2D eigenvalue weighted by atomic mass is 10.7. The Morgan fingerprint density at radius 1 is 2.00 bits per heavy atom. The highest BCUT2D eigenvalue weighted by atomic mass is 16.7. The smallest absolute Gasteiger partial charge is 0.349 e. The monoisotopic (exact) mass is 86.0 g/mol. The van der Waals surface area contributed by atoms with Crippen LogP contribution < -0.4 is 5.90 Å². The molecule has 6 heavy (non-hydrogen) atoms. The Kier molecular flexibility index (Phi) is 2.08. The van der Waals surface area contributed by atoms with Gasteiger partial charge in [-0.2, -0.15) is 0 Å². The summed E-state index contributed by atoms with van der Waals surface area (Å²) in [5.41, 5.74) is 0. The van der Waals surface area contributed by atoms with Crippen LogP contribution in [0, 0.1) is 0 Å². The molecule has 0 bridgehead atoms. The third-order valence-corrected chi connectivity index (χ3v) is 0.267. The molecule has 0 rings (SSSR count). The average Bonchev–Trinajstić information content (AvgIpc) is 1.65. The van der Waals surface area contributed by atoms with Gasteiger partial charge in [0.15, 0.2) is 0 Å². The summed E-state index contributed by atoms with van der Waals surface area (Å²) in [5, 5.41) is 0. The molecular weight excluding hydrogens is 82.0 g/mol. The molecule has 0 aliphatic rings. The number of carbonyl (C=O) groups excluding carboxylic acids is 1. The second kappa shape index (κ2) is 2.41. The molecule has 0 saturated heterocycles. The molecule has 1 N–H and O–H groups in total. The topological polar surface area (TPSA) is 50.1 Å². The summed E-state index contributed by atoms with van der Waals surface area (Å²) in [4.78, 5) is 13.0. The normalized spacial score (nSPS) is 6.83. The molecule has 0 heterocycles. The number of rotatable bonds is 1. The Labute approximate surface area is 35.3 Å². The number of hydrogen-bond donors (Lipinski definition) is 0. The summed E-state index contributed by atoms with van der Waals surface area (Å²) in [6.45, 7) is 3.04. The molecular formula is C3H4NO2. The van der Waals surface area contributed by atoms with Gasteiger partial charge >= 0.3 is 5.97 Å². The van der Waals surface area contributed by atoms with E-state index >= 15 is 0 Å². The molecule has 0 amide bonds. The standard InChI is InChI=1S/C3H4NO2/c1-2-3(5)6-4/h2,4H,1H2. The van der Waals surface area contributed by atoms with Crippen LogP contribution in [0.15, 0.2) is 12.7 Å². The molecule has 0 saturated carbocycles. The highest BCUT2D eigenvalue weighted by Crippen LogP contribution is 1.66. The molecule has 1 radical (unpaired) electrons. The van der Waals surface area contributed by atoms with Crippen LogP contribution in [0.4, 0.5) is 0 Å². The molecule has 3 heteroatoms. The van der Waals surface area contributed by atoms with E-state index in [2.05, 4.69) is 11.4 Å². The van der Waals surface area contributed by atoms with Crippen molar-refractivity contribution in [2.45, 2.75) is 0 Å². The molecule has 0 aromatic heterocycles. The number of hydrogen-bond acceptors (Lipinski definition) is 2. The van der Waals surface area contributed by atoms with Gasteiger partial charge in [0.1, 0.15) is 0 Å². The van der Waals surface area contributed by atoms with E-state index in [4.69, 9.17) is 5.90 Å². The maximum atomic E-state index is 9.65. The zero-order chi connectivity index (χ0) is 4.99. The van der Waals surface area contributed by atoms with Gasteiger partial charge in [-0.3, -0.25) is 0 Å². The predicted molar refractivity (Wildman–Crippen MR) is 19.4 cm³/mol. The first-order valence-corrected chi connectivity index (χ1v) is 1.31. The largest absolute Gasteiger partial charge is 0.350 e. The lowest BCUT2D eigenvalue weighted by molar-refractivity contribution is -0.139. The van der Waals surface area contributed by atoms with Crippen molar-refractivity contribution in [1.82, 2.24) is 5.90 Å². The average molecular weight is 86.1 g/mol. The third-order valence-electron chi connectivity index (χ3n) is 0.267. The van der Waals surface area contributed by atoms with Crippen LogP contribution in [-0.4, -0.2) is 5.97 Å². The van der Waals surface area contributed by atoms with Crippen LogP contribution in [0.3, 0.4) is 0 Å². The maximum absolute atomic E-state index is 9.65. The van der Waals surface area contributed by atoms with Crippen molar-refractivity contribution >= 4 is 5.97 Å². The predicted octanol–water partition coefficient (Wildman–Crippen LogP) is -0.0865. The minimum atomic E-state index is -0.727. The minimum Gasteiger partial charge on any atom is -0.349 e. The zero-order valence-corrected chi connectivity index (χ0v) is 3.10. The van der Waals surface area contributed by atoms with Crippen LogP contribution in [0.5, 0.6) is 0 Å². The van der Waals surface area contributed by atoms with Gasteiger partial charge in [-0.05, 0) is 0 Å². The van der Waals surface area contributed by atoms with E-state index in [9.17, 15) is 4.79 Å². The van der Waals surface area contributed by atoms with E-state index in [-0.39, 0.29) is 0 Å². The van der Waals surface area contributed by atoms with Crippen molar-refractivity contribution < 1.29 is 9.63 Å². The summed E-state index contributed by atoms with van der Waals surface area (Å²) in [5.74, 6) is 5.16. The lowest BCUT2D eigenvalue weighted by Crippen LogP contribution is -1.94. The Morgan fingerprint density at radius 2 is 2.50 bits per heavy atom. The minimum absolute atomic E-state index is 0.727. The Balaban J connectivity index is 3.23. The highest BCUT2D eigenvalue weighted by molar-refractivity contribution is 5.80. The Bertz CT molecular complexity index is 69.2. The van der Waals surface area contributed by atoms with Crippen LogP contribution >= 0.6 is 0 Å². The van der Waals surface area contributed by atoms with Gasteiger partial charge in [0.05, 0.1) is 0 Å². The van der Waals surface area contributed by atoms with Crippen LogP contribution in [-0.2, 0) is 9.63 Å². The summed E-state index contributed by atoms with van der Waals surface area (Å²) in [6, 6.07) is 0. The summed E-state index contributed by atoms with van der Waals surface area (Å²) < 4.78 is 0. The molecule has 0 aliphatic carbocycles. The van der Waals surface area contributed by atoms with Crippen molar-refractivity contribution in [3.63, 3.8) is 0 Å². The van der Waals surface area contributed by atoms with Gasteiger partial charge in [0.25, 0.3) is 0 Å². The zero-order valence-electron chi connectivity index (χ0n) is 3.10. The van der Waals surface area contributed by atoms with Gasteiger partial charge in [0.2, 0.25) is 0 Å². The first-order chi connectivity index (χ1) is 2.81. The summed E-state index contributed by atoms with van der Waals surface area (Å²) in [7, 11) is 0. The molecule has 0 aliphatic heterocycles. The Hall–Kier alpha value is -0.830. The van der Waals surface area contributed by atoms with Gasteiger partial charge in [-0.15, -0.1) is 0 Å². The quantitative estimate of drug-likeness (QED) is 0.331. The molecule has 0 aromatic carbocycles. The molecule has 0 fully saturated rings. The van der Waals surface area contributed by atoms with Gasteiger partial charge in [-0.25, -0.2) is 4.79 Å². The van der Waals surface area contributed by atoms with E-state index < -0.39 is 5.97 Å².